The molecule has 0 N–H and O–H groups in total. The molecule has 2 aromatic rings. The van der Waals surface area contributed by atoms with Gasteiger partial charge in [0.15, 0.2) is 0 Å². The Hall–Kier alpha value is -0.910. The van der Waals surface area contributed by atoms with E-state index in [0.29, 0.717) is 0 Å². The molecule has 0 amide bonds. The lowest BCUT2D eigenvalue weighted by atomic mass is 10.3. The van der Waals surface area contributed by atoms with E-state index in [1.807, 2.05) is 23.6 Å². The topological polar surface area (TPSA) is 19.4 Å². The van der Waals surface area contributed by atoms with Gasteiger partial charge in [-0.15, -0.1) is 11.3 Å². The van der Waals surface area contributed by atoms with Crippen LogP contribution in [0, 0.1) is 0 Å². The van der Waals surface area contributed by atoms with Crippen LogP contribution in [0.3, 0.4) is 0 Å². The van der Waals surface area contributed by atoms with Gasteiger partial charge in [0.25, 0.3) is 0 Å². The third-order valence-corrected chi connectivity index (χ3v) is 5.31. The van der Waals surface area contributed by atoms with E-state index in [4.69, 9.17) is 0 Å². The molecule has 0 unspecified atom stereocenters. The highest BCUT2D eigenvalue weighted by Gasteiger charge is 2.18. The van der Waals surface area contributed by atoms with Crippen molar-refractivity contribution in [3.05, 3.63) is 45.2 Å². The van der Waals surface area contributed by atoms with Crippen LogP contribution in [0.1, 0.15) is 4.88 Å². The number of hydrogen-bond donors (Lipinski definition) is 0. The summed E-state index contributed by atoms with van der Waals surface area (Å²) in [7, 11) is 0. The van der Waals surface area contributed by atoms with Crippen LogP contribution >= 0.6 is 27.3 Å². The predicted molar refractivity (Wildman–Crippen MR) is 83.7 cm³/mol. The van der Waals surface area contributed by atoms with Gasteiger partial charge in [0, 0.05) is 48.3 Å². The molecule has 0 spiro atoms. The van der Waals surface area contributed by atoms with Crippen LogP contribution in [0.25, 0.3) is 0 Å². The zero-order valence-electron chi connectivity index (χ0n) is 10.6. The van der Waals surface area contributed by atoms with Crippen molar-refractivity contribution in [1.82, 2.24) is 9.88 Å². The van der Waals surface area contributed by atoms with Gasteiger partial charge in [-0.3, -0.25) is 4.90 Å². The molecular weight excluding hydrogens is 322 g/mol. The molecule has 3 heterocycles. The Morgan fingerprint density at radius 2 is 2.00 bits per heavy atom. The van der Waals surface area contributed by atoms with Crippen LogP contribution in [-0.2, 0) is 6.54 Å². The molecule has 5 heteroatoms. The second-order valence-corrected chi connectivity index (χ2v) is 6.50. The fourth-order valence-corrected chi connectivity index (χ4v) is 3.84. The number of nitrogens with zero attached hydrogens (tertiary/aromatic N) is 3. The lowest BCUT2D eigenvalue weighted by molar-refractivity contribution is 0.251. The largest absolute Gasteiger partial charge is 0.354 e. The fraction of sp³-hybridized carbons (Fsp3) is 0.357. The Bertz CT molecular complexity index is 520. The van der Waals surface area contributed by atoms with E-state index in [0.717, 1.165) is 38.5 Å². The van der Waals surface area contributed by atoms with Gasteiger partial charge in [-0.05, 0) is 39.5 Å². The quantitative estimate of drug-likeness (QED) is 0.857. The van der Waals surface area contributed by atoms with Crippen molar-refractivity contribution < 1.29 is 0 Å². The predicted octanol–water partition coefficient (Wildman–Crippen LogP) is 3.23. The minimum Gasteiger partial charge on any atom is -0.354 e. The zero-order valence-corrected chi connectivity index (χ0v) is 13.0. The van der Waals surface area contributed by atoms with E-state index in [2.05, 4.69) is 54.3 Å². The highest BCUT2D eigenvalue weighted by Crippen LogP contribution is 2.24. The minimum absolute atomic E-state index is 1.05. The average molecular weight is 338 g/mol. The summed E-state index contributed by atoms with van der Waals surface area (Å²) in [6.07, 6.45) is 1.87. The van der Waals surface area contributed by atoms with Gasteiger partial charge in [0.2, 0.25) is 0 Å². The third-order valence-electron chi connectivity index (χ3n) is 3.40. The molecule has 1 fully saturated rings. The van der Waals surface area contributed by atoms with E-state index < -0.39 is 0 Å². The highest BCUT2D eigenvalue weighted by atomic mass is 79.9. The fourth-order valence-electron chi connectivity index (χ4n) is 2.32. The first-order valence-electron chi connectivity index (χ1n) is 6.43. The lowest BCUT2D eigenvalue weighted by Crippen LogP contribution is -2.46. The molecule has 0 aliphatic carbocycles. The van der Waals surface area contributed by atoms with Crippen LogP contribution in [0.15, 0.2) is 40.3 Å². The van der Waals surface area contributed by atoms with E-state index in [1.165, 1.54) is 9.35 Å². The van der Waals surface area contributed by atoms with Crippen LogP contribution < -0.4 is 4.90 Å². The number of pyridine rings is 1. The summed E-state index contributed by atoms with van der Waals surface area (Å²) < 4.78 is 1.24. The first-order valence-corrected chi connectivity index (χ1v) is 8.10. The first-order chi connectivity index (χ1) is 9.33. The van der Waals surface area contributed by atoms with Crippen molar-refractivity contribution in [2.24, 2.45) is 0 Å². The maximum Gasteiger partial charge on any atom is 0.128 e. The smallest absolute Gasteiger partial charge is 0.128 e. The number of aromatic nitrogens is 1. The number of anilines is 1. The Labute approximate surface area is 126 Å². The van der Waals surface area contributed by atoms with Gasteiger partial charge in [0.05, 0.1) is 0 Å². The van der Waals surface area contributed by atoms with Crippen LogP contribution in [-0.4, -0.2) is 36.1 Å². The van der Waals surface area contributed by atoms with Crippen LogP contribution in [0.4, 0.5) is 5.82 Å². The molecule has 0 atom stereocenters. The molecule has 0 aromatic carbocycles. The minimum atomic E-state index is 1.05. The van der Waals surface area contributed by atoms with Gasteiger partial charge in [-0.25, -0.2) is 4.98 Å². The lowest BCUT2D eigenvalue weighted by Gasteiger charge is -2.35. The summed E-state index contributed by atoms with van der Waals surface area (Å²) in [4.78, 5) is 10.7. The van der Waals surface area contributed by atoms with Crippen LogP contribution in [0.5, 0.6) is 0 Å². The number of rotatable bonds is 3. The summed E-state index contributed by atoms with van der Waals surface area (Å²) in [6.45, 7) is 5.36. The van der Waals surface area contributed by atoms with E-state index >= 15 is 0 Å². The summed E-state index contributed by atoms with van der Waals surface area (Å²) >= 11 is 5.43. The monoisotopic (exact) mass is 337 g/mol. The Balaban J connectivity index is 1.57. The number of thiophene rings is 1. The molecule has 100 valence electrons. The molecule has 1 saturated heterocycles. The van der Waals surface area contributed by atoms with Crippen LogP contribution in [0.2, 0.25) is 0 Å². The van der Waals surface area contributed by atoms with Crippen molar-refractivity contribution in [1.29, 1.82) is 0 Å². The molecule has 2 aromatic heterocycles. The molecular formula is C14H16BrN3S. The molecule has 3 nitrogen and oxygen atoms in total. The molecule has 1 aliphatic heterocycles. The van der Waals surface area contributed by atoms with Gasteiger partial charge in [-0.1, -0.05) is 6.07 Å². The number of piperazine rings is 1. The van der Waals surface area contributed by atoms with Gasteiger partial charge in [-0.2, -0.15) is 0 Å². The number of hydrogen-bond acceptors (Lipinski definition) is 4. The maximum absolute atomic E-state index is 4.42. The second-order valence-electron chi connectivity index (χ2n) is 4.64. The molecule has 1 aliphatic rings. The van der Waals surface area contributed by atoms with Crippen molar-refractivity contribution in [2.75, 3.05) is 31.1 Å². The van der Waals surface area contributed by atoms with Crippen molar-refractivity contribution >= 4 is 33.1 Å². The SMILES string of the molecule is Brc1ccsc1CN1CCN(c2ccccn2)CC1. The van der Waals surface area contributed by atoms with Gasteiger partial charge >= 0.3 is 0 Å². The van der Waals surface area contributed by atoms with Crippen molar-refractivity contribution in [3.63, 3.8) is 0 Å². The van der Waals surface area contributed by atoms with Gasteiger partial charge in [0.1, 0.15) is 5.82 Å². The Morgan fingerprint density at radius 1 is 1.16 bits per heavy atom. The zero-order chi connectivity index (χ0) is 13.1. The summed E-state index contributed by atoms with van der Waals surface area (Å²) in [6, 6.07) is 8.24. The molecule has 3 rings (SSSR count). The molecule has 0 radical (unpaired) electrons. The van der Waals surface area contributed by atoms with E-state index in [9.17, 15) is 0 Å². The van der Waals surface area contributed by atoms with E-state index in [1.54, 1.807) is 0 Å². The highest BCUT2D eigenvalue weighted by molar-refractivity contribution is 9.10. The number of halogens is 1. The summed E-state index contributed by atoms with van der Waals surface area (Å²) in [5, 5.41) is 2.14. The Morgan fingerprint density at radius 3 is 2.63 bits per heavy atom. The average Bonchev–Trinajstić information content (AvgIpc) is 2.86. The Kier molecular flexibility index (Phi) is 4.15. The summed E-state index contributed by atoms with van der Waals surface area (Å²) in [5.41, 5.74) is 0. The van der Waals surface area contributed by atoms with Gasteiger partial charge < -0.3 is 4.90 Å². The third kappa shape index (κ3) is 3.16. The maximum atomic E-state index is 4.42. The normalized spacial score (nSPS) is 16.8. The van der Waals surface area contributed by atoms with Crippen molar-refractivity contribution in [3.8, 4) is 0 Å². The first kappa shape index (κ1) is 13.1. The molecule has 19 heavy (non-hydrogen) atoms. The second kappa shape index (κ2) is 6.03. The standard InChI is InChI=1S/C14H16BrN3S/c15-12-4-10-19-13(12)11-17-6-8-18(9-7-17)14-3-1-2-5-16-14/h1-5,10H,6-9,11H2. The van der Waals surface area contributed by atoms with E-state index in [-0.39, 0.29) is 0 Å². The molecule has 0 bridgehead atoms. The summed E-state index contributed by atoms with van der Waals surface area (Å²) in [5.74, 6) is 1.10. The van der Waals surface area contributed by atoms with Crippen molar-refractivity contribution in [2.45, 2.75) is 6.54 Å². The molecule has 0 saturated carbocycles.